The number of nitrogens with one attached hydrogen (secondary N) is 1. The Hall–Kier alpha value is -2.60. The number of anilines is 1. The lowest BCUT2D eigenvalue weighted by molar-refractivity contribution is 0.103. The number of aromatic nitrogens is 1. The molecule has 3 nitrogen and oxygen atoms in total. The van der Waals surface area contributed by atoms with Crippen LogP contribution in [0.3, 0.4) is 0 Å². The Morgan fingerprint density at radius 3 is 2.48 bits per heavy atom. The average Bonchev–Trinajstić information content (AvgIpc) is 3.00. The molecule has 0 bridgehead atoms. The van der Waals surface area contributed by atoms with Crippen LogP contribution in [0.25, 0.3) is 10.6 Å². The Kier molecular flexibility index (Phi) is 4.90. The molecule has 3 aromatic rings. The minimum Gasteiger partial charge on any atom is -0.321 e. The van der Waals surface area contributed by atoms with E-state index < -0.39 is 17.5 Å². The lowest BCUT2D eigenvalue weighted by Crippen LogP contribution is -2.11. The van der Waals surface area contributed by atoms with Crippen LogP contribution in [0.4, 0.5) is 14.5 Å². The zero-order valence-corrected chi connectivity index (χ0v) is 14.6. The van der Waals surface area contributed by atoms with Gasteiger partial charge in [0.1, 0.15) is 9.88 Å². The van der Waals surface area contributed by atoms with Gasteiger partial charge in [-0.05, 0) is 31.0 Å². The molecule has 0 unspecified atom stereocenters. The van der Waals surface area contributed by atoms with E-state index in [1.807, 2.05) is 24.3 Å². The molecule has 1 amide bonds. The molecular formula is C19H16F2N2OS. The maximum Gasteiger partial charge on any atom is 0.267 e. The molecule has 1 heterocycles. The third-order valence-corrected chi connectivity index (χ3v) is 4.99. The summed E-state index contributed by atoms with van der Waals surface area (Å²) in [7, 11) is 0. The van der Waals surface area contributed by atoms with Gasteiger partial charge in [-0.3, -0.25) is 4.79 Å². The molecular weight excluding hydrogens is 342 g/mol. The van der Waals surface area contributed by atoms with Gasteiger partial charge in [0.2, 0.25) is 0 Å². The summed E-state index contributed by atoms with van der Waals surface area (Å²) in [4.78, 5) is 17.3. The molecule has 0 aliphatic carbocycles. The Balaban J connectivity index is 1.83. The van der Waals surface area contributed by atoms with Gasteiger partial charge < -0.3 is 5.32 Å². The Labute approximate surface area is 148 Å². The van der Waals surface area contributed by atoms with Crippen LogP contribution in [-0.2, 0) is 6.42 Å². The van der Waals surface area contributed by atoms with Gasteiger partial charge in [-0.15, -0.1) is 11.3 Å². The zero-order chi connectivity index (χ0) is 18.0. The smallest absolute Gasteiger partial charge is 0.267 e. The van der Waals surface area contributed by atoms with E-state index in [0.29, 0.717) is 10.6 Å². The van der Waals surface area contributed by atoms with E-state index in [4.69, 9.17) is 0 Å². The van der Waals surface area contributed by atoms with E-state index in [0.717, 1.165) is 29.1 Å². The molecule has 2 aromatic carbocycles. The standard InChI is InChI=1S/C19H16F2N2OS/c1-3-12-4-6-13(7-5-12)19-22-11(2)17(25-19)18(24)23-14-8-9-15(20)16(21)10-14/h4-10H,3H2,1-2H3,(H,23,24). The van der Waals surface area contributed by atoms with Crippen LogP contribution < -0.4 is 5.32 Å². The van der Waals surface area contributed by atoms with Gasteiger partial charge in [0.05, 0.1) is 5.69 Å². The lowest BCUT2D eigenvalue weighted by Gasteiger charge is -2.04. The predicted molar refractivity (Wildman–Crippen MR) is 96.0 cm³/mol. The number of rotatable bonds is 4. The molecule has 3 rings (SSSR count). The van der Waals surface area contributed by atoms with Gasteiger partial charge in [-0.25, -0.2) is 13.8 Å². The molecule has 0 fully saturated rings. The van der Waals surface area contributed by atoms with E-state index in [1.54, 1.807) is 6.92 Å². The summed E-state index contributed by atoms with van der Waals surface area (Å²) in [6.45, 7) is 3.84. The molecule has 1 N–H and O–H groups in total. The Bertz CT molecular complexity index is 920. The molecule has 25 heavy (non-hydrogen) atoms. The van der Waals surface area contributed by atoms with Crippen molar-refractivity contribution in [3.05, 3.63) is 70.2 Å². The van der Waals surface area contributed by atoms with Crippen molar-refractivity contribution in [2.75, 3.05) is 5.32 Å². The minimum atomic E-state index is -1.00. The maximum absolute atomic E-state index is 13.3. The molecule has 0 saturated carbocycles. The summed E-state index contributed by atoms with van der Waals surface area (Å²) in [6.07, 6.45) is 0.957. The molecule has 0 atom stereocenters. The lowest BCUT2D eigenvalue weighted by atomic mass is 10.1. The number of halogens is 2. The number of aryl methyl sites for hydroxylation is 2. The average molecular weight is 358 g/mol. The van der Waals surface area contributed by atoms with E-state index in [-0.39, 0.29) is 5.69 Å². The van der Waals surface area contributed by atoms with Gasteiger partial charge in [0.15, 0.2) is 11.6 Å². The topological polar surface area (TPSA) is 42.0 Å². The van der Waals surface area contributed by atoms with Gasteiger partial charge in [-0.2, -0.15) is 0 Å². The van der Waals surface area contributed by atoms with Crippen molar-refractivity contribution in [3.8, 4) is 10.6 Å². The highest BCUT2D eigenvalue weighted by Gasteiger charge is 2.17. The molecule has 0 spiro atoms. The van der Waals surface area contributed by atoms with E-state index in [1.165, 1.54) is 23.0 Å². The second-order valence-corrected chi connectivity index (χ2v) is 6.57. The summed E-state index contributed by atoms with van der Waals surface area (Å²) in [5.74, 6) is -2.35. The number of benzene rings is 2. The maximum atomic E-state index is 13.3. The summed E-state index contributed by atoms with van der Waals surface area (Å²) in [5.41, 5.74) is 2.97. The van der Waals surface area contributed by atoms with Crippen molar-refractivity contribution in [1.82, 2.24) is 4.98 Å². The van der Waals surface area contributed by atoms with E-state index >= 15 is 0 Å². The van der Waals surface area contributed by atoms with Crippen LogP contribution in [0.1, 0.15) is 27.9 Å². The fraction of sp³-hybridized carbons (Fsp3) is 0.158. The van der Waals surface area contributed by atoms with Gasteiger partial charge in [-0.1, -0.05) is 31.2 Å². The zero-order valence-electron chi connectivity index (χ0n) is 13.8. The third-order valence-electron chi connectivity index (χ3n) is 3.79. The van der Waals surface area contributed by atoms with E-state index in [9.17, 15) is 13.6 Å². The van der Waals surface area contributed by atoms with Crippen LogP contribution in [-0.4, -0.2) is 10.9 Å². The molecule has 1 aromatic heterocycles. The summed E-state index contributed by atoms with van der Waals surface area (Å²) in [6, 6.07) is 11.3. The van der Waals surface area contributed by atoms with Crippen molar-refractivity contribution < 1.29 is 13.6 Å². The quantitative estimate of drug-likeness (QED) is 0.695. The molecule has 0 saturated heterocycles. The molecule has 0 radical (unpaired) electrons. The van der Waals surface area contributed by atoms with Crippen molar-refractivity contribution in [2.24, 2.45) is 0 Å². The monoisotopic (exact) mass is 358 g/mol. The summed E-state index contributed by atoms with van der Waals surface area (Å²) >= 11 is 1.27. The van der Waals surface area contributed by atoms with E-state index in [2.05, 4.69) is 17.2 Å². The largest absolute Gasteiger partial charge is 0.321 e. The highest BCUT2D eigenvalue weighted by Crippen LogP contribution is 2.29. The van der Waals surface area contributed by atoms with Gasteiger partial charge in [0.25, 0.3) is 5.91 Å². The van der Waals surface area contributed by atoms with Gasteiger partial charge in [0, 0.05) is 17.3 Å². The van der Waals surface area contributed by atoms with Crippen LogP contribution in [0, 0.1) is 18.6 Å². The first-order valence-electron chi connectivity index (χ1n) is 7.81. The SMILES string of the molecule is CCc1ccc(-c2nc(C)c(C(=O)Nc3ccc(F)c(F)c3)s2)cc1. The molecule has 0 aliphatic rings. The summed E-state index contributed by atoms with van der Waals surface area (Å²) in [5, 5.41) is 3.32. The molecule has 128 valence electrons. The first kappa shape index (κ1) is 17.2. The first-order chi connectivity index (χ1) is 12.0. The number of carbonyl (C=O) groups excluding carboxylic acids is 1. The van der Waals surface area contributed by atoms with Crippen molar-refractivity contribution in [3.63, 3.8) is 0 Å². The second-order valence-electron chi connectivity index (χ2n) is 5.57. The number of hydrogen-bond acceptors (Lipinski definition) is 3. The van der Waals surface area contributed by atoms with Crippen LogP contribution in [0.5, 0.6) is 0 Å². The summed E-state index contributed by atoms with van der Waals surface area (Å²) < 4.78 is 26.2. The van der Waals surface area contributed by atoms with Crippen LogP contribution in [0.15, 0.2) is 42.5 Å². The second kappa shape index (κ2) is 7.11. The van der Waals surface area contributed by atoms with Crippen molar-refractivity contribution >= 4 is 22.9 Å². The highest BCUT2D eigenvalue weighted by atomic mass is 32.1. The molecule has 0 aliphatic heterocycles. The van der Waals surface area contributed by atoms with Crippen molar-refractivity contribution in [2.45, 2.75) is 20.3 Å². The third kappa shape index (κ3) is 3.74. The van der Waals surface area contributed by atoms with Gasteiger partial charge >= 0.3 is 0 Å². The number of carbonyl (C=O) groups is 1. The molecule has 6 heteroatoms. The minimum absolute atomic E-state index is 0.200. The number of amides is 1. The highest BCUT2D eigenvalue weighted by molar-refractivity contribution is 7.17. The normalized spacial score (nSPS) is 10.7. The fourth-order valence-electron chi connectivity index (χ4n) is 2.38. The van der Waals surface area contributed by atoms with Crippen LogP contribution in [0.2, 0.25) is 0 Å². The number of thiazole rings is 1. The first-order valence-corrected chi connectivity index (χ1v) is 8.62. The number of hydrogen-bond donors (Lipinski definition) is 1. The van der Waals surface area contributed by atoms with Crippen molar-refractivity contribution in [1.29, 1.82) is 0 Å². The Morgan fingerprint density at radius 2 is 1.84 bits per heavy atom. The predicted octanol–water partition coefficient (Wildman–Crippen LogP) is 5.21. The number of nitrogens with zero attached hydrogens (tertiary/aromatic N) is 1. The van der Waals surface area contributed by atoms with Crippen LogP contribution >= 0.6 is 11.3 Å². The fourth-order valence-corrected chi connectivity index (χ4v) is 3.34. The Morgan fingerprint density at radius 1 is 1.12 bits per heavy atom.